The molecule has 0 aliphatic carbocycles. The van der Waals surface area contributed by atoms with Gasteiger partial charge >= 0.3 is 0 Å². The average Bonchev–Trinajstić information content (AvgIpc) is 2.66. The predicted molar refractivity (Wildman–Crippen MR) is 61.2 cm³/mol. The quantitative estimate of drug-likeness (QED) is 0.860. The van der Waals surface area contributed by atoms with Crippen LogP contribution in [-0.4, -0.2) is 15.0 Å². The van der Waals surface area contributed by atoms with Crippen LogP contribution in [-0.2, 0) is 6.54 Å². The SMILES string of the molecule is Cc1cnc(CNc2nc(Cl)ncc2F)s1. The third-order valence-corrected chi connectivity index (χ3v) is 2.89. The van der Waals surface area contributed by atoms with Crippen LogP contribution in [0.25, 0.3) is 0 Å². The van der Waals surface area contributed by atoms with E-state index in [2.05, 4.69) is 20.3 Å². The number of nitrogens with zero attached hydrogens (tertiary/aromatic N) is 3. The first-order chi connectivity index (χ1) is 7.65. The van der Waals surface area contributed by atoms with Crippen molar-refractivity contribution in [2.45, 2.75) is 13.5 Å². The molecule has 0 aliphatic heterocycles. The van der Waals surface area contributed by atoms with Crippen LogP contribution in [0, 0.1) is 12.7 Å². The fraction of sp³-hybridized carbons (Fsp3) is 0.222. The number of hydrogen-bond acceptors (Lipinski definition) is 5. The van der Waals surface area contributed by atoms with Gasteiger partial charge in [0.15, 0.2) is 11.6 Å². The van der Waals surface area contributed by atoms with Gasteiger partial charge in [-0.2, -0.15) is 4.98 Å². The predicted octanol–water partition coefficient (Wildman–Crippen LogP) is 2.65. The molecule has 0 fully saturated rings. The third-order valence-electron chi connectivity index (χ3n) is 1.79. The second kappa shape index (κ2) is 4.71. The molecule has 0 radical (unpaired) electrons. The monoisotopic (exact) mass is 258 g/mol. The Kier molecular flexibility index (Phi) is 3.31. The second-order valence-corrected chi connectivity index (χ2v) is 4.71. The van der Waals surface area contributed by atoms with Crippen LogP contribution in [0.15, 0.2) is 12.4 Å². The summed E-state index contributed by atoms with van der Waals surface area (Å²) in [6.45, 7) is 2.38. The number of aryl methyl sites for hydroxylation is 1. The lowest BCUT2D eigenvalue weighted by molar-refractivity contribution is 0.616. The van der Waals surface area contributed by atoms with Gasteiger partial charge in [0.05, 0.1) is 12.7 Å². The number of rotatable bonds is 3. The summed E-state index contributed by atoms with van der Waals surface area (Å²) >= 11 is 7.11. The standard InChI is InChI=1S/C9H8ClFN4S/c1-5-2-12-7(16-5)4-13-8-6(11)3-14-9(10)15-8/h2-3H,4H2,1H3,(H,13,14,15). The molecule has 2 heterocycles. The van der Waals surface area contributed by atoms with Crippen LogP contribution in [0.2, 0.25) is 5.28 Å². The highest BCUT2D eigenvalue weighted by atomic mass is 35.5. The van der Waals surface area contributed by atoms with Gasteiger partial charge in [0.1, 0.15) is 5.01 Å². The average molecular weight is 259 g/mol. The maximum Gasteiger partial charge on any atom is 0.224 e. The molecule has 2 aromatic heterocycles. The number of aromatic nitrogens is 3. The van der Waals surface area contributed by atoms with Gasteiger partial charge in [-0.1, -0.05) is 0 Å². The van der Waals surface area contributed by atoms with Crippen molar-refractivity contribution in [2.24, 2.45) is 0 Å². The summed E-state index contributed by atoms with van der Waals surface area (Å²) in [6.07, 6.45) is 2.80. The lowest BCUT2D eigenvalue weighted by Gasteiger charge is -2.03. The molecule has 2 aromatic rings. The number of halogens is 2. The van der Waals surface area contributed by atoms with E-state index in [9.17, 15) is 4.39 Å². The Labute approximate surface area is 101 Å². The summed E-state index contributed by atoms with van der Waals surface area (Å²) in [5.41, 5.74) is 0. The maximum atomic E-state index is 13.2. The van der Waals surface area contributed by atoms with Gasteiger partial charge in [-0.3, -0.25) is 0 Å². The first kappa shape index (κ1) is 11.2. The highest BCUT2D eigenvalue weighted by Crippen LogP contribution is 2.15. The largest absolute Gasteiger partial charge is 0.361 e. The minimum atomic E-state index is -0.530. The van der Waals surface area contributed by atoms with Crippen LogP contribution in [0.4, 0.5) is 10.2 Å². The summed E-state index contributed by atoms with van der Waals surface area (Å²) in [7, 11) is 0. The fourth-order valence-corrected chi connectivity index (χ4v) is 1.97. The van der Waals surface area contributed by atoms with Gasteiger partial charge in [-0.15, -0.1) is 11.3 Å². The van der Waals surface area contributed by atoms with Crippen LogP contribution < -0.4 is 5.32 Å². The van der Waals surface area contributed by atoms with Crippen molar-refractivity contribution in [3.8, 4) is 0 Å². The molecule has 1 N–H and O–H groups in total. The van der Waals surface area contributed by atoms with Crippen LogP contribution in [0.1, 0.15) is 9.88 Å². The Morgan fingerprint density at radius 1 is 1.44 bits per heavy atom. The molecule has 0 aromatic carbocycles. The molecule has 0 bridgehead atoms. The Morgan fingerprint density at radius 2 is 2.25 bits per heavy atom. The Balaban J connectivity index is 2.07. The van der Waals surface area contributed by atoms with E-state index in [1.165, 1.54) is 0 Å². The molecular weight excluding hydrogens is 251 g/mol. The van der Waals surface area contributed by atoms with E-state index in [-0.39, 0.29) is 11.1 Å². The lowest BCUT2D eigenvalue weighted by Crippen LogP contribution is -2.04. The van der Waals surface area contributed by atoms with Crippen LogP contribution in [0.5, 0.6) is 0 Å². The number of hydrogen-bond donors (Lipinski definition) is 1. The second-order valence-electron chi connectivity index (χ2n) is 3.05. The highest BCUT2D eigenvalue weighted by molar-refractivity contribution is 7.11. The molecule has 16 heavy (non-hydrogen) atoms. The summed E-state index contributed by atoms with van der Waals surface area (Å²) < 4.78 is 13.2. The topological polar surface area (TPSA) is 50.7 Å². The molecule has 0 aliphatic rings. The van der Waals surface area contributed by atoms with Gasteiger partial charge in [0.25, 0.3) is 0 Å². The van der Waals surface area contributed by atoms with E-state index < -0.39 is 5.82 Å². The van der Waals surface area contributed by atoms with E-state index >= 15 is 0 Å². The number of thiazole rings is 1. The molecule has 0 atom stereocenters. The Bertz CT molecular complexity index is 502. The van der Waals surface area contributed by atoms with E-state index in [4.69, 9.17) is 11.6 Å². The van der Waals surface area contributed by atoms with E-state index in [0.717, 1.165) is 16.1 Å². The van der Waals surface area contributed by atoms with E-state index in [0.29, 0.717) is 6.54 Å². The molecule has 0 saturated heterocycles. The molecular formula is C9H8ClFN4S. The lowest BCUT2D eigenvalue weighted by atomic mass is 10.5. The summed E-state index contributed by atoms with van der Waals surface area (Å²) in [5.74, 6) is -0.439. The third kappa shape index (κ3) is 2.65. The Morgan fingerprint density at radius 3 is 2.94 bits per heavy atom. The zero-order valence-electron chi connectivity index (χ0n) is 8.37. The first-order valence-corrected chi connectivity index (χ1v) is 5.68. The normalized spacial score (nSPS) is 10.4. The van der Waals surface area contributed by atoms with Gasteiger partial charge in [0, 0.05) is 11.1 Å². The van der Waals surface area contributed by atoms with Crippen molar-refractivity contribution in [3.05, 3.63) is 33.4 Å². The molecule has 7 heteroatoms. The van der Waals surface area contributed by atoms with Gasteiger partial charge < -0.3 is 5.32 Å². The van der Waals surface area contributed by atoms with E-state index in [1.807, 2.05) is 6.92 Å². The van der Waals surface area contributed by atoms with Crippen molar-refractivity contribution in [1.82, 2.24) is 15.0 Å². The zero-order chi connectivity index (χ0) is 11.5. The van der Waals surface area contributed by atoms with Crippen molar-refractivity contribution < 1.29 is 4.39 Å². The summed E-state index contributed by atoms with van der Waals surface area (Å²) in [5, 5.41) is 3.70. The smallest absolute Gasteiger partial charge is 0.224 e. The van der Waals surface area contributed by atoms with Crippen molar-refractivity contribution in [3.63, 3.8) is 0 Å². The molecule has 0 spiro atoms. The summed E-state index contributed by atoms with van der Waals surface area (Å²) in [4.78, 5) is 12.5. The maximum absolute atomic E-state index is 13.2. The molecule has 0 amide bonds. The van der Waals surface area contributed by atoms with Crippen molar-refractivity contribution >= 4 is 28.8 Å². The van der Waals surface area contributed by atoms with Crippen LogP contribution >= 0.6 is 22.9 Å². The Hall–Kier alpha value is -1.27. The molecule has 84 valence electrons. The van der Waals surface area contributed by atoms with E-state index in [1.54, 1.807) is 17.5 Å². The first-order valence-electron chi connectivity index (χ1n) is 4.48. The van der Waals surface area contributed by atoms with Gasteiger partial charge in [0.2, 0.25) is 5.28 Å². The molecule has 0 saturated carbocycles. The molecule has 0 unspecified atom stereocenters. The number of anilines is 1. The minimum Gasteiger partial charge on any atom is -0.361 e. The van der Waals surface area contributed by atoms with Crippen molar-refractivity contribution in [2.75, 3.05) is 5.32 Å². The zero-order valence-corrected chi connectivity index (χ0v) is 9.94. The van der Waals surface area contributed by atoms with Crippen LogP contribution in [0.3, 0.4) is 0 Å². The molecule has 2 rings (SSSR count). The van der Waals surface area contributed by atoms with Gasteiger partial charge in [-0.25, -0.2) is 14.4 Å². The summed E-state index contributed by atoms with van der Waals surface area (Å²) in [6, 6.07) is 0. The fourth-order valence-electron chi connectivity index (χ4n) is 1.11. The molecule has 4 nitrogen and oxygen atoms in total. The highest BCUT2D eigenvalue weighted by Gasteiger charge is 2.06. The van der Waals surface area contributed by atoms with Gasteiger partial charge in [-0.05, 0) is 18.5 Å². The van der Waals surface area contributed by atoms with Crippen molar-refractivity contribution in [1.29, 1.82) is 0 Å². The minimum absolute atomic E-state index is 0.0132. The number of nitrogens with one attached hydrogen (secondary N) is 1.